The van der Waals surface area contributed by atoms with Crippen LogP contribution in [0.5, 0.6) is 11.5 Å². The van der Waals surface area contributed by atoms with Crippen LogP contribution in [0.4, 0.5) is 0 Å². The van der Waals surface area contributed by atoms with Crippen LogP contribution in [0, 0.1) is 5.41 Å². The minimum Gasteiger partial charge on any atom is -0.493 e. The van der Waals surface area contributed by atoms with E-state index in [9.17, 15) is 4.79 Å². The van der Waals surface area contributed by atoms with Crippen molar-refractivity contribution in [2.75, 3.05) is 20.8 Å². The van der Waals surface area contributed by atoms with E-state index in [1.807, 2.05) is 18.2 Å². The van der Waals surface area contributed by atoms with Crippen LogP contribution in [0.25, 0.3) is 0 Å². The molecular weight excluding hydrogens is 246 g/mol. The smallest absolute Gasteiger partial charge is 0.310 e. The molecule has 0 aliphatic heterocycles. The fourth-order valence-corrected chi connectivity index (χ4v) is 2.05. The molecule has 0 aromatic heterocycles. The molecule has 1 aromatic carbocycles. The molecule has 5 nitrogen and oxygen atoms in total. The minimum atomic E-state index is -0.702. The molecule has 0 unspecified atom stereocenters. The van der Waals surface area contributed by atoms with Crippen LogP contribution in [0.3, 0.4) is 0 Å². The maximum atomic E-state index is 11.0. The number of ether oxygens (including phenoxy) is 2. The van der Waals surface area contributed by atoms with E-state index in [0.29, 0.717) is 24.6 Å². The lowest BCUT2D eigenvalue weighted by Gasteiger charge is -2.12. The van der Waals surface area contributed by atoms with Gasteiger partial charge in [0.25, 0.3) is 0 Å². The van der Waals surface area contributed by atoms with Gasteiger partial charge in [0.1, 0.15) is 0 Å². The van der Waals surface area contributed by atoms with Gasteiger partial charge in [0, 0.05) is 13.1 Å². The monoisotopic (exact) mass is 265 g/mol. The van der Waals surface area contributed by atoms with Crippen molar-refractivity contribution in [2.45, 2.75) is 19.4 Å². The summed E-state index contributed by atoms with van der Waals surface area (Å²) >= 11 is 0. The molecule has 0 radical (unpaired) electrons. The average Bonchev–Trinajstić information content (AvgIpc) is 3.19. The summed E-state index contributed by atoms with van der Waals surface area (Å²) in [4.78, 5) is 11.0. The molecule has 2 rings (SSSR count). The van der Waals surface area contributed by atoms with Gasteiger partial charge in [-0.3, -0.25) is 4.79 Å². The third kappa shape index (κ3) is 2.98. The Morgan fingerprint density at radius 2 is 2.00 bits per heavy atom. The first-order valence-corrected chi connectivity index (χ1v) is 6.26. The number of carboxylic acid groups (broad SMARTS) is 1. The number of nitrogens with one attached hydrogen (secondary N) is 1. The Bertz CT molecular complexity index is 469. The SMILES string of the molecule is COc1ccc(CNCC2(C(=O)O)CC2)cc1OC. The second kappa shape index (κ2) is 5.48. The molecule has 1 aliphatic carbocycles. The summed E-state index contributed by atoms with van der Waals surface area (Å²) in [5, 5.41) is 12.3. The van der Waals surface area contributed by atoms with Gasteiger partial charge in [0.05, 0.1) is 19.6 Å². The van der Waals surface area contributed by atoms with E-state index in [1.165, 1.54) is 0 Å². The Kier molecular flexibility index (Phi) is 3.95. The zero-order valence-corrected chi connectivity index (χ0v) is 11.2. The second-order valence-corrected chi connectivity index (χ2v) is 4.88. The number of methoxy groups -OCH3 is 2. The molecular formula is C14H19NO4. The highest BCUT2D eigenvalue weighted by atomic mass is 16.5. The first kappa shape index (κ1) is 13.7. The van der Waals surface area contributed by atoms with E-state index in [2.05, 4.69) is 5.32 Å². The Morgan fingerprint density at radius 3 is 2.53 bits per heavy atom. The average molecular weight is 265 g/mol. The molecule has 1 aliphatic rings. The third-order valence-corrected chi connectivity index (χ3v) is 3.55. The van der Waals surface area contributed by atoms with Gasteiger partial charge in [-0.15, -0.1) is 0 Å². The summed E-state index contributed by atoms with van der Waals surface area (Å²) < 4.78 is 10.4. The zero-order chi connectivity index (χ0) is 13.9. The van der Waals surface area contributed by atoms with Gasteiger partial charge in [-0.2, -0.15) is 0 Å². The molecule has 1 fully saturated rings. The van der Waals surface area contributed by atoms with E-state index in [-0.39, 0.29) is 0 Å². The number of carbonyl (C=O) groups is 1. The van der Waals surface area contributed by atoms with Gasteiger partial charge in [0.2, 0.25) is 0 Å². The first-order valence-electron chi connectivity index (χ1n) is 6.26. The highest BCUT2D eigenvalue weighted by molar-refractivity contribution is 5.78. The largest absolute Gasteiger partial charge is 0.493 e. The molecule has 2 N–H and O–H groups in total. The van der Waals surface area contributed by atoms with Gasteiger partial charge in [-0.25, -0.2) is 0 Å². The third-order valence-electron chi connectivity index (χ3n) is 3.55. The van der Waals surface area contributed by atoms with Crippen LogP contribution in [-0.4, -0.2) is 31.8 Å². The molecule has 0 saturated heterocycles. The van der Waals surface area contributed by atoms with Crippen LogP contribution in [0.2, 0.25) is 0 Å². The Labute approximate surface area is 112 Å². The lowest BCUT2D eigenvalue weighted by Crippen LogP contribution is -2.29. The van der Waals surface area contributed by atoms with Crippen molar-refractivity contribution >= 4 is 5.97 Å². The van der Waals surface area contributed by atoms with E-state index in [4.69, 9.17) is 14.6 Å². The van der Waals surface area contributed by atoms with E-state index in [1.54, 1.807) is 14.2 Å². The summed E-state index contributed by atoms with van der Waals surface area (Å²) in [6, 6.07) is 5.68. The normalized spacial score (nSPS) is 15.9. The summed E-state index contributed by atoms with van der Waals surface area (Å²) in [7, 11) is 3.19. The van der Waals surface area contributed by atoms with Gasteiger partial charge in [0.15, 0.2) is 11.5 Å². The molecule has 0 bridgehead atoms. The lowest BCUT2D eigenvalue weighted by atomic mass is 10.1. The van der Waals surface area contributed by atoms with Crippen LogP contribution < -0.4 is 14.8 Å². The molecule has 0 heterocycles. The summed E-state index contributed by atoms with van der Waals surface area (Å²) in [6.45, 7) is 1.13. The minimum absolute atomic E-state index is 0.511. The van der Waals surface area contributed by atoms with Crippen LogP contribution >= 0.6 is 0 Å². The van der Waals surface area contributed by atoms with Crippen LogP contribution in [-0.2, 0) is 11.3 Å². The number of carboxylic acids is 1. The number of hydrogen-bond donors (Lipinski definition) is 2. The molecule has 0 amide bonds. The van der Waals surface area contributed by atoms with Crippen molar-refractivity contribution in [2.24, 2.45) is 5.41 Å². The quantitative estimate of drug-likeness (QED) is 0.784. The summed E-state index contributed by atoms with van der Waals surface area (Å²) in [6.07, 6.45) is 1.53. The van der Waals surface area contributed by atoms with Gasteiger partial charge in [-0.1, -0.05) is 6.07 Å². The van der Waals surface area contributed by atoms with Crippen molar-refractivity contribution in [3.63, 3.8) is 0 Å². The number of hydrogen-bond acceptors (Lipinski definition) is 4. The topological polar surface area (TPSA) is 67.8 Å². The van der Waals surface area contributed by atoms with Crippen molar-refractivity contribution in [1.82, 2.24) is 5.32 Å². The fourth-order valence-electron chi connectivity index (χ4n) is 2.05. The number of aliphatic carboxylic acids is 1. The maximum Gasteiger partial charge on any atom is 0.310 e. The van der Waals surface area contributed by atoms with Crippen LogP contribution in [0.15, 0.2) is 18.2 Å². The van der Waals surface area contributed by atoms with Crippen molar-refractivity contribution in [1.29, 1.82) is 0 Å². The van der Waals surface area contributed by atoms with Crippen molar-refractivity contribution < 1.29 is 19.4 Å². The van der Waals surface area contributed by atoms with E-state index >= 15 is 0 Å². The molecule has 1 saturated carbocycles. The Hall–Kier alpha value is -1.75. The van der Waals surface area contributed by atoms with Crippen molar-refractivity contribution in [3.8, 4) is 11.5 Å². The van der Waals surface area contributed by atoms with Crippen molar-refractivity contribution in [3.05, 3.63) is 23.8 Å². The van der Waals surface area contributed by atoms with E-state index < -0.39 is 11.4 Å². The number of rotatable bonds is 7. The molecule has 5 heteroatoms. The summed E-state index contributed by atoms with van der Waals surface area (Å²) in [5.41, 5.74) is 0.509. The Balaban J connectivity index is 1.91. The standard InChI is InChI=1S/C14H19NO4/c1-18-11-4-3-10(7-12(11)19-2)8-15-9-14(5-6-14)13(16)17/h3-4,7,15H,5-6,8-9H2,1-2H3,(H,16,17). The molecule has 0 spiro atoms. The second-order valence-electron chi connectivity index (χ2n) is 4.88. The summed E-state index contributed by atoms with van der Waals surface area (Å²) in [5.74, 6) is 0.670. The van der Waals surface area contributed by atoms with Crippen LogP contribution in [0.1, 0.15) is 18.4 Å². The maximum absolute atomic E-state index is 11.0. The first-order chi connectivity index (χ1) is 9.11. The van der Waals surface area contributed by atoms with Gasteiger partial charge < -0.3 is 19.9 Å². The molecule has 0 atom stereocenters. The highest BCUT2D eigenvalue weighted by Gasteiger charge is 2.49. The predicted molar refractivity (Wildman–Crippen MR) is 70.6 cm³/mol. The van der Waals surface area contributed by atoms with Gasteiger partial charge in [-0.05, 0) is 30.5 Å². The molecule has 1 aromatic rings. The lowest BCUT2D eigenvalue weighted by molar-refractivity contribution is -0.143. The molecule has 19 heavy (non-hydrogen) atoms. The Morgan fingerprint density at radius 1 is 1.32 bits per heavy atom. The predicted octanol–water partition coefficient (Wildman–Crippen LogP) is 1.66. The highest BCUT2D eigenvalue weighted by Crippen LogP contribution is 2.45. The molecule has 104 valence electrons. The van der Waals surface area contributed by atoms with Gasteiger partial charge >= 0.3 is 5.97 Å². The zero-order valence-electron chi connectivity index (χ0n) is 11.2. The van der Waals surface area contributed by atoms with E-state index in [0.717, 1.165) is 18.4 Å². The number of benzene rings is 1. The fraction of sp³-hybridized carbons (Fsp3) is 0.500.